The third-order valence-corrected chi connectivity index (χ3v) is 6.79. The first kappa shape index (κ1) is 23.0. The molecule has 176 valence electrons. The third kappa shape index (κ3) is 5.26. The quantitative estimate of drug-likeness (QED) is 0.493. The number of ether oxygens (including phenoxy) is 1. The number of amides is 1. The lowest BCUT2D eigenvalue weighted by atomic mass is 9.94. The van der Waals surface area contributed by atoms with E-state index in [2.05, 4.69) is 10.0 Å². The van der Waals surface area contributed by atoms with Crippen LogP contribution in [-0.2, 0) is 26.8 Å². The Morgan fingerprint density at radius 2 is 1.70 bits per heavy atom. The second-order valence-electron chi connectivity index (χ2n) is 8.58. The van der Waals surface area contributed by atoms with Gasteiger partial charge in [-0.3, -0.25) is 4.79 Å². The predicted molar refractivity (Wildman–Crippen MR) is 135 cm³/mol. The highest BCUT2D eigenvalue weighted by Crippen LogP contribution is 2.49. The van der Waals surface area contributed by atoms with Crippen molar-refractivity contribution in [2.45, 2.75) is 31.7 Å². The summed E-state index contributed by atoms with van der Waals surface area (Å²) < 4.78 is 30.3. The molecular weight excluding hydrogens is 436 g/mol. The lowest BCUT2D eigenvalue weighted by Gasteiger charge is -2.17. The van der Waals surface area contributed by atoms with Gasteiger partial charge in [0.15, 0.2) is 0 Å². The molecule has 0 radical (unpaired) electrons. The summed E-state index contributed by atoms with van der Waals surface area (Å²) >= 11 is 0. The molecule has 0 saturated heterocycles. The molecule has 0 aliphatic heterocycles. The second kappa shape index (κ2) is 9.00. The molecule has 0 aromatic heterocycles. The minimum atomic E-state index is -3.24. The average molecular weight is 469 g/mol. The van der Waals surface area contributed by atoms with Crippen molar-refractivity contribution in [2.75, 3.05) is 18.7 Å². The molecule has 0 unspecified atom stereocenters. The maximum atomic E-state index is 13.2. The van der Waals surface area contributed by atoms with Gasteiger partial charge in [-0.2, -0.15) is 0 Å². The third-order valence-electron chi connectivity index (χ3n) is 6.13. The molecule has 2 N–H and O–H groups in total. The number of aryl methyl sites for hydroxylation is 1. The van der Waals surface area contributed by atoms with Gasteiger partial charge in [0.1, 0.15) is 5.75 Å². The first-order valence-corrected chi connectivity index (χ1v) is 12.7. The Bertz CT molecular complexity index is 1270. The van der Waals surface area contributed by atoms with E-state index in [-0.39, 0.29) is 15.3 Å². The van der Waals surface area contributed by atoms with Crippen LogP contribution in [0.25, 0.3) is 11.1 Å². The number of rotatable bonds is 8. The highest BCUT2D eigenvalue weighted by Gasteiger charge is 2.51. The zero-order chi connectivity index (χ0) is 23.6. The first-order valence-electron chi connectivity index (χ1n) is 10.8. The molecule has 0 atom stereocenters. The van der Waals surface area contributed by atoms with Crippen molar-refractivity contribution < 1.29 is 20.8 Å². The van der Waals surface area contributed by atoms with Gasteiger partial charge in [-0.15, -0.1) is 0 Å². The average Bonchev–Trinajstić information content (AvgIpc) is 3.61. The van der Waals surface area contributed by atoms with Crippen molar-refractivity contribution >= 4 is 21.6 Å². The maximum Gasteiger partial charge on any atom is 0.235 e. The largest absolute Gasteiger partial charge is 0.497 e. The van der Waals surface area contributed by atoms with Crippen LogP contribution in [0.3, 0.4) is 0 Å². The standard InChI is InChI=1S/C26H28N2O4S.2H2/c1-18-4-11-22(16-24(18)20-7-5-19(6-8-20)17-27-33(3,30)31)28-25(29)26(14-15-26)21-9-12-23(32-2)13-10-21;;/h4-13,16,27H,14-15,17H2,1-3H3,(H,28,29);2*1H. The molecule has 1 fully saturated rings. The second-order valence-corrected chi connectivity index (χ2v) is 10.4. The number of carbonyl (C=O) groups is 1. The smallest absolute Gasteiger partial charge is 0.235 e. The molecule has 7 heteroatoms. The number of anilines is 1. The zero-order valence-electron chi connectivity index (χ0n) is 19.0. The summed E-state index contributed by atoms with van der Waals surface area (Å²) in [6, 6.07) is 21.4. The van der Waals surface area contributed by atoms with E-state index in [9.17, 15) is 13.2 Å². The highest BCUT2D eigenvalue weighted by atomic mass is 32.2. The van der Waals surface area contributed by atoms with E-state index in [0.29, 0.717) is 0 Å². The fraction of sp³-hybridized carbons (Fsp3) is 0.269. The van der Waals surface area contributed by atoms with Gasteiger partial charge in [0.2, 0.25) is 15.9 Å². The molecule has 0 heterocycles. The number of carbonyl (C=O) groups excluding carboxylic acids is 1. The minimum absolute atomic E-state index is 0. The van der Waals surface area contributed by atoms with E-state index >= 15 is 0 Å². The van der Waals surface area contributed by atoms with Crippen molar-refractivity contribution in [2.24, 2.45) is 0 Å². The van der Waals surface area contributed by atoms with Crippen LogP contribution in [0.1, 0.15) is 32.4 Å². The van der Waals surface area contributed by atoms with Gasteiger partial charge >= 0.3 is 0 Å². The molecule has 1 aliphatic carbocycles. The maximum absolute atomic E-state index is 13.2. The van der Waals surface area contributed by atoms with Crippen LogP contribution < -0.4 is 14.8 Å². The molecule has 33 heavy (non-hydrogen) atoms. The zero-order valence-corrected chi connectivity index (χ0v) is 19.8. The number of methoxy groups -OCH3 is 1. The SMILES string of the molecule is COc1ccc(C2(C(=O)Nc3ccc(C)c(-c4ccc(CNS(C)(=O)=O)cc4)c3)CC2)cc1.[HH].[HH]. The Morgan fingerprint density at radius 1 is 1.03 bits per heavy atom. The van der Waals surface area contributed by atoms with E-state index in [1.54, 1.807) is 7.11 Å². The number of hydrogen-bond donors (Lipinski definition) is 2. The number of sulfonamides is 1. The molecule has 3 aromatic rings. The van der Waals surface area contributed by atoms with Crippen LogP contribution in [-0.4, -0.2) is 27.7 Å². The van der Waals surface area contributed by atoms with Crippen LogP contribution in [0.4, 0.5) is 5.69 Å². The summed E-state index contributed by atoms with van der Waals surface area (Å²) in [5, 5.41) is 3.11. The van der Waals surface area contributed by atoms with Gasteiger partial charge in [0.05, 0.1) is 18.8 Å². The van der Waals surface area contributed by atoms with Crippen LogP contribution in [0, 0.1) is 6.92 Å². The van der Waals surface area contributed by atoms with Crippen LogP contribution in [0.5, 0.6) is 5.75 Å². The Morgan fingerprint density at radius 3 is 2.27 bits per heavy atom. The lowest BCUT2D eigenvalue weighted by Crippen LogP contribution is -2.27. The van der Waals surface area contributed by atoms with E-state index in [4.69, 9.17) is 4.74 Å². The van der Waals surface area contributed by atoms with Gasteiger partial charge in [-0.05, 0) is 71.8 Å². The molecule has 0 bridgehead atoms. The van der Waals surface area contributed by atoms with E-state index < -0.39 is 15.4 Å². The number of benzene rings is 3. The number of nitrogens with one attached hydrogen (secondary N) is 2. The van der Waals surface area contributed by atoms with Gasteiger partial charge in [-0.1, -0.05) is 42.5 Å². The molecule has 4 rings (SSSR count). The molecule has 6 nitrogen and oxygen atoms in total. The molecule has 1 amide bonds. The molecule has 3 aromatic carbocycles. The van der Waals surface area contributed by atoms with Gasteiger partial charge in [0.25, 0.3) is 0 Å². The van der Waals surface area contributed by atoms with E-state index in [1.165, 1.54) is 0 Å². The van der Waals surface area contributed by atoms with Crippen molar-refractivity contribution in [1.29, 1.82) is 0 Å². The molecule has 1 aliphatic rings. The fourth-order valence-electron chi connectivity index (χ4n) is 3.96. The lowest BCUT2D eigenvalue weighted by molar-refractivity contribution is -0.118. The van der Waals surface area contributed by atoms with Gasteiger partial charge < -0.3 is 10.1 Å². The Hall–Kier alpha value is -3.16. The van der Waals surface area contributed by atoms with Gasteiger partial charge in [0, 0.05) is 15.1 Å². The van der Waals surface area contributed by atoms with Crippen molar-refractivity contribution in [1.82, 2.24) is 4.72 Å². The van der Waals surface area contributed by atoms with Crippen LogP contribution in [0.2, 0.25) is 0 Å². The topological polar surface area (TPSA) is 84.5 Å². The molecular formula is C26H32N2O4S. The molecule has 0 spiro atoms. The normalized spacial score (nSPS) is 14.5. The summed E-state index contributed by atoms with van der Waals surface area (Å²) in [5.74, 6) is 0.779. The van der Waals surface area contributed by atoms with E-state index in [0.717, 1.165) is 58.4 Å². The fourth-order valence-corrected chi connectivity index (χ4v) is 4.39. The highest BCUT2D eigenvalue weighted by molar-refractivity contribution is 7.88. The summed E-state index contributed by atoms with van der Waals surface area (Å²) in [6.07, 6.45) is 2.80. The Labute approximate surface area is 198 Å². The minimum Gasteiger partial charge on any atom is -0.497 e. The summed E-state index contributed by atoms with van der Waals surface area (Å²) in [4.78, 5) is 13.2. The first-order chi connectivity index (χ1) is 15.7. The van der Waals surface area contributed by atoms with Crippen molar-refractivity contribution in [3.05, 3.63) is 83.4 Å². The van der Waals surface area contributed by atoms with Crippen molar-refractivity contribution in [3.63, 3.8) is 0 Å². The van der Waals surface area contributed by atoms with E-state index in [1.807, 2.05) is 73.7 Å². The van der Waals surface area contributed by atoms with Crippen molar-refractivity contribution in [3.8, 4) is 16.9 Å². The number of hydrogen-bond acceptors (Lipinski definition) is 4. The summed E-state index contributed by atoms with van der Waals surface area (Å²) in [6.45, 7) is 2.28. The van der Waals surface area contributed by atoms with Crippen LogP contribution in [0.15, 0.2) is 66.7 Å². The summed E-state index contributed by atoms with van der Waals surface area (Å²) in [5.41, 5.74) is 5.26. The van der Waals surface area contributed by atoms with Crippen LogP contribution >= 0.6 is 0 Å². The molecule has 1 saturated carbocycles. The Kier molecular flexibility index (Phi) is 6.28. The Balaban J connectivity index is 0.00000216. The van der Waals surface area contributed by atoms with Gasteiger partial charge in [-0.25, -0.2) is 13.1 Å². The summed E-state index contributed by atoms with van der Waals surface area (Å²) in [7, 11) is -1.61. The predicted octanol–water partition coefficient (Wildman–Crippen LogP) is 4.88. The monoisotopic (exact) mass is 468 g/mol.